The number of nitrogens with one attached hydrogen (secondary N) is 1. The summed E-state index contributed by atoms with van der Waals surface area (Å²) in [5, 5.41) is 9.85. The maximum atomic E-state index is 12.5. The van der Waals surface area contributed by atoms with Gasteiger partial charge in [-0.25, -0.2) is 13.2 Å². The van der Waals surface area contributed by atoms with Crippen molar-refractivity contribution in [1.82, 2.24) is 4.72 Å². The molecule has 0 radical (unpaired) electrons. The van der Waals surface area contributed by atoms with E-state index in [1.807, 2.05) is 6.07 Å². The lowest BCUT2D eigenvalue weighted by Crippen LogP contribution is -2.44. The molecule has 0 bridgehead atoms. The minimum absolute atomic E-state index is 0.0637. The van der Waals surface area contributed by atoms with Crippen LogP contribution in [0.4, 0.5) is 0 Å². The van der Waals surface area contributed by atoms with Gasteiger partial charge in [-0.15, -0.1) is 0 Å². The van der Waals surface area contributed by atoms with Gasteiger partial charge in [-0.3, -0.25) is 0 Å². The number of hydrogen-bond acceptors (Lipinski definition) is 5. The van der Waals surface area contributed by atoms with Crippen LogP contribution < -0.4 is 14.2 Å². The van der Waals surface area contributed by atoms with Crippen molar-refractivity contribution >= 4 is 27.6 Å². The van der Waals surface area contributed by atoms with Gasteiger partial charge in [0.15, 0.2) is 11.5 Å². The van der Waals surface area contributed by atoms with Crippen LogP contribution in [0.25, 0.3) is 0 Å². The molecule has 3 unspecified atom stereocenters. The summed E-state index contributed by atoms with van der Waals surface area (Å²) in [6.45, 7) is 0. The summed E-state index contributed by atoms with van der Waals surface area (Å²) in [7, 11) is -4.13. The third-order valence-electron chi connectivity index (χ3n) is 4.99. The Kier molecular flexibility index (Phi) is 4.95. The smallest absolute Gasteiger partial charge is 0.361 e. The highest BCUT2D eigenvalue weighted by molar-refractivity contribution is 7.89. The van der Waals surface area contributed by atoms with E-state index < -0.39 is 22.2 Å². The Hall–Kier alpha value is -2.29. The van der Waals surface area contributed by atoms with Gasteiger partial charge >= 0.3 is 5.97 Å². The second-order valence-corrected chi connectivity index (χ2v) is 8.93. The molecule has 2 aromatic rings. The van der Waals surface area contributed by atoms with E-state index in [0.717, 1.165) is 24.8 Å². The number of halogens is 1. The van der Waals surface area contributed by atoms with Crippen LogP contribution in [-0.2, 0) is 14.8 Å². The van der Waals surface area contributed by atoms with Gasteiger partial charge in [0, 0.05) is 16.5 Å². The molecule has 3 atom stereocenters. The summed E-state index contributed by atoms with van der Waals surface area (Å²) in [6, 6.07) is 10.7. The van der Waals surface area contributed by atoms with E-state index in [0.29, 0.717) is 10.8 Å². The normalized spacial score (nSPS) is 21.5. The number of sulfonamides is 1. The van der Waals surface area contributed by atoms with Crippen LogP contribution in [0.3, 0.4) is 0 Å². The zero-order chi connectivity index (χ0) is 19.9. The number of benzene rings is 2. The topological polar surface area (TPSA) is 102 Å². The van der Waals surface area contributed by atoms with Gasteiger partial charge in [0.25, 0.3) is 6.23 Å². The molecule has 0 spiro atoms. The van der Waals surface area contributed by atoms with Crippen molar-refractivity contribution in [3.63, 3.8) is 0 Å². The predicted molar refractivity (Wildman–Crippen MR) is 101 cm³/mol. The largest absolute Gasteiger partial charge is 0.486 e. The molecule has 9 heteroatoms. The molecule has 1 aliphatic carbocycles. The fourth-order valence-corrected chi connectivity index (χ4v) is 4.88. The molecular formula is C19H18ClNO6S. The van der Waals surface area contributed by atoms with Crippen molar-refractivity contribution in [2.75, 3.05) is 0 Å². The van der Waals surface area contributed by atoms with Crippen LogP contribution in [0.1, 0.15) is 30.7 Å². The Morgan fingerprint density at radius 1 is 1.21 bits per heavy atom. The Balaban J connectivity index is 1.58. The van der Waals surface area contributed by atoms with Gasteiger partial charge in [-0.1, -0.05) is 23.7 Å². The van der Waals surface area contributed by atoms with Crippen molar-refractivity contribution in [1.29, 1.82) is 0 Å². The molecule has 2 aliphatic rings. The Labute approximate surface area is 167 Å². The lowest BCUT2D eigenvalue weighted by atomic mass is 9.97. The first-order valence-electron chi connectivity index (χ1n) is 8.82. The maximum Gasteiger partial charge on any atom is 0.361 e. The average Bonchev–Trinajstić information content (AvgIpc) is 3.23. The van der Waals surface area contributed by atoms with Crippen molar-refractivity contribution in [3.8, 4) is 11.5 Å². The SMILES string of the molecule is O=C(O)C(NS(=O)(=O)c1ccc(Cl)cc1)Oc1cccc2c1OC1CCCC21. The number of carboxylic acid groups (broad SMARTS) is 1. The molecule has 1 aliphatic heterocycles. The summed E-state index contributed by atoms with van der Waals surface area (Å²) >= 11 is 5.77. The highest BCUT2D eigenvalue weighted by atomic mass is 35.5. The molecule has 148 valence electrons. The first kappa shape index (κ1) is 19.0. The lowest BCUT2D eigenvalue weighted by Gasteiger charge is -2.18. The second-order valence-electron chi connectivity index (χ2n) is 6.78. The molecule has 2 N–H and O–H groups in total. The highest BCUT2D eigenvalue weighted by Crippen LogP contribution is 2.50. The van der Waals surface area contributed by atoms with E-state index in [4.69, 9.17) is 21.1 Å². The number of para-hydroxylation sites is 1. The Morgan fingerprint density at radius 3 is 2.68 bits per heavy atom. The van der Waals surface area contributed by atoms with Crippen LogP contribution in [0.5, 0.6) is 11.5 Å². The number of rotatable bonds is 6. The zero-order valence-corrected chi connectivity index (χ0v) is 16.2. The molecule has 1 fully saturated rings. The molecule has 28 heavy (non-hydrogen) atoms. The minimum atomic E-state index is -4.13. The predicted octanol–water partition coefficient (Wildman–Crippen LogP) is 3.14. The standard InChI is InChI=1S/C19H18ClNO6S/c20-11-7-9-12(10-8-11)28(24,25)21-18(19(22)23)27-16-6-2-4-14-13-3-1-5-15(13)26-17(14)16/h2,4,6-10,13,15,18,21H,1,3,5H2,(H,22,23). The Bertz CT molecular complexity index is 1010. The quantitative estimate of drug-likeness (QED) is 0.692. The second kappa shape index (κ2) is 7.27. The molecule has 0 aromatic heterocycles. The third-order valence-corrected chi connectivity index (χ3v) is 6.65. The van der Waals surface area contributed by atoms with Gasteiger partial charge < -0.3 is 14.6 Å². The zero-order valence-electron chi connectivity index (χ0n) is 14.7. The van der Waals surface area contributed by atoms with Gasteiger partial charge in [0.1, 0.15) is 6.10 Å². The fraction of sp³-hybridized carbons (Fsp3) is 0.316. The molecule has 4 rings (SSSR count). The van der Waals surface area contributed by atoms with Crippen LogP contribution in [0.2, 0.25) is 5.02 Å². The minimum Gasteiger partial charge on any atom is -0.486 e. The first-order valence-corrected chi connectivity index (χ1v) is 10.7. The maximum absolute atomic E-state index is 12.5. The van der Waals surface area contributed by atoms with Gasteiger partial charge in [0.2, 0.25) is 10.0 Å². The molecule has 2 aromatic carbocycles. The van der Waals surface area contributed by atoms with Gasteiger partial charge in [-0.2, -0.15) is 4.72 Å². The number of carbonyl (C=O) groups is 1. The van der Waals surface area contributed by atoms with Crippen LogP contribution in [0.15, 0.2) is 47.4 Å². The number of aliphatic carboxylic acids is 1. The summed E-state index contributed by atoms with van der Waals surface area (Å²) in [5.74, 6) is -0.492. The van der Waals surface area contributed by atoms with Crippen LogP contribution >= 0.6 is 11.6 Å². The van der Waals surface area contributed by atoms with Crippen molar-refractivity contribution in [3.05, 3.63) is 53.1 Å². The number of hydrogen-bond donors (Lipinski definition) is 2. The third kappa shape index (κ3) is 3.55. The van der Waals surface area contributed by atoms with Gasteiger partial charge in [0.05, 0.1) is 4.90 Å². The number of ether oxygens (including phenoxy) is 2. The van der Waals surface area contributed by atoms with E-state index in [-0.39, 0.29) is 22.7 Å². The number of fused-ring (bicyclic) bond motifs is 3. The summed E-state index contributed by atoms with van der Waals surface area (Å²) in [6.07, 6.45) is 1.28. The lowest BCUT2D eigenvalue weighted by molar-refractivity contribution is -0.145. The summed E-state index contributed by atoms with van der Waals surface area (Å²) in [5.41, 5.74) is 0.977. The Morgan fingerprint density at radius 2 is 1.96 bits per heavy atom. The molecule has 1 saturated carbocycles. The van der Waals surface area contributed by atoms with E-state index in [1.54, 1.807) is 12.1 Å². The molecule has 7 nitrogen and oxygen atoms in total. The fourth-order valence-electron chi connectivity index (χ4n) is 3.69. The van der Waals surface area contributed by atoms with Crippen molar-refractivity contribution in [2.45, 2.75) is 42.4 Å². The highest BCUT2D eigenvalue weighted by Gasteiger charge is 2.40. The van der Waals surface area contributed by atoms with E-state index in [2.05, 4.69) is 4.72 Å². The van der Waals surface area contributed by atoms with Gasteiger partial charge in [-0.05, 0) is 49.6 Å². The van der Waals surface area contributed by atoms with E-state index in [9.17, 15) is 18.3 Å². The first-order chi connectivity index (χ1) is 13.3. The van der Waals surface area contributed by atoms with Crippen molar-refractivity contribution in [2.24, 2.45) is 0 Å². The molecule has 0 saturated heterocycles. The molecule has 1 heterocycles. The van der Waals surface area contributed by atoms with E-state index in [1.165, 1.54) is 24.3 Å². The van der Waals surface area contributed by atoms with Crippen LogP contribution in [-0.4, -0.2) is 31.8 Å². The summed E-state index contributed by atoms with van der Waals surface area (Å²) < 4.78 is 38.6. The summed E-state index contributed by atoms with van der Waals surface area (Å²) in [4.78, 5) is 11.5. The molecular weight excluding hydrogens is 406 g/mol. The van der Waals surface area contributed by atoms with E-state index >= 15 is 0 Å². The monoisotopic (exact) mass is 423 g/mol. The average molecular weight is 424 g/mol. The van der Waals surface area contributed by atoms with Crippen molar-refractivity contribution < 1.29 is 27.8 Å². The van der Waals surface area contributed by atoms with Crippen LogP contribution in [0, 0.1) is 0 Å². The number of carboxylic acids is 1. The molecule has 0 amide bonds.